The zero-order valence-corrected chi connectivity index (χ0v) is 13.4. The average Bonchev–Trinajstić information content (AvgIpc) is 3.03. The molecule has 0 aliphatic carbocycles. The van der Waals surface area contributed by atoms with Crippen molar-refractivity contribution < 1.29 is 19.4 Å². The van der Waals surface area contributed by atoms with E-state index in [1.54, 1.807) is 12.3 Å². The van der Waals surface area contributed by atoms with E-state index in [2.05, 4.69) is 20.3 Å². The Morgan fingerprint density at radius 1 is 1.32 bits per heavy atom. The molecule has 2 aromatic heterocycles. The van der Waals surface area contributed by atoms with Crippen molar-refractivity contribution in [3.8, 4) is 5.75 Å². The maximum atomic E-state index is 12.2. The molecule has 0 spiro atoms. The van der Waals surface area contributed by atoms with Gasteiger partial charge in [-0.05, 0) is 30.3 Å². The van der Waals surface area contributed by atoms with Crippen molar-refractivity contribution >= 4 is 28.7 Å². The fourth-order valence-electron chi connectivity index (χ4n) is 2.40. The van der Waals surface area contributed by atoms with Gasteiger partial charge in [0.15, 0.2) is 5.65 Å². The van der Waals surface area contributed by atoms with Gasteiger partial charge < -0.3 is 20.1 Å². The van der Waals surface area contributed by atoms with Gasteiger partial charge in [0, 0.05) is 19.0 Å². The minimum Gasteiger partial charge on any atom is -0.495 e. The van der Waals surface area contributed by atoms with Crippen molar-refractivity contribution in [2.45, 2.75) is 12.8 Å². The Kier molecular flexibility index (Phi) is 4.60. The van der Waals surface area contributed by atoms with Crippen LogP contribution in [0, 0.1) is 0 Å². The summed E-state index contributed by atoms with van der Waals surface area (Å²) in [5.74, 6) is -0.288. The summed E-state index contributed by atoms with van der Waals surface area (Å²) in [6.07, 6.45) is 2.24. The first-order chi connectivity index (χ1) is 12.1. The second kappa shape index (κ2) is 7.00. The average molecular weight is 340 g/mol. The highest BCUT2D eigenvalue weighted by Gasteiger charge is 2.12. The molecule has 3 rings (SSSR count). The van der Waals surface area contributed by atoms with Gasteiger partial charge in [-0.3, -0.25) is 4.79 Å². The molecular weight excluding hydrogens is 324 g/mol. The molecule has 8 heteroatoms. The molecule has 0 aliphatic heterocycles. The van der Waals surface area contributed by atoms with Gasteiger partial charge in [0.05, 0.1) is 23.9 Å². The van der Waals surface area contributed by atoms with Gasteiger partial charge in [0.2, 0.25) is 5.91 Å². The van der Waals surface area contributed by atoms with Crippen LogP contribution in [0.25, 0.3) is 11.2 Å². The number of aromatic nitrogens is 3. The number of amides is 1. The number of carbonyl (C=O) groups is 2. The van der Waals surface area contributed by atoms with E-state index in [9.17, 15) is 9.59 Å². The molecule has 1 amide bonds. The van der Waals surface area contributed by atoms with Crippen LogP contribution in [0.3, 0.4) is 0 Å². The Labute approximate surface area is 142 Å². The summed E-state index contributed by atoms with van der Waals surface area (Å²) in [5.41, 5.74) is 1.81. The van der Waals surface area contributed by atoms with Crippen LogP contribution in [0.5, 0.6) is 5.75 Å². The van der Waals surface area contributed by atoms with Crippen molar-refractivity contribution in [1.29, 1.82) is 0 Å². The number of anilines is 1. The third-order valence-corrected chi connectivity index (χ3v) is 3.62. The summed E-state index contributed by atoms with van der Waals surface area (Å²) < 4.78 is 5.15. The molecule has 2 heterocycles. The molecule has 0 bridgehead atoms. The minimum absolute atomic E-state index is 0.0689. The van der Waals surface area contributed by atoms with E-state index < -0.39 is 5.97 Å². The largest absolute Gasteiger partial charge is 0.495 e. The number of benzene rings is 1. The number of H-pyrrole nitrogens is 1. The number of aromatic amines is 1. The summed E-state index contributed by atoms with van der Waals surface area (Å²) in [6.45, 7) is 0. The van der Waals surface area contributed by atoms with Gasteiger partial charge in [-0.25, -0.2) is 14.8 Å². The van der Waals surface area contributed by atoms with Crippen LogP contribution >= 0.6 is 0 Å². The lowest BCUT2D eigenvalue weighted by atomic mass is 10.1. The molecule has 3 aromatic rings. The van der Waals surface area contributed by atoms with Gasteiger partial charge in [-0.1, -0.05) is 0 Å². The Hall–Kier alpha value is -3.42. The van der Waals surface area contributed by atoms with Gasteiger partial charge in [0.1, 0.15) is 11.6 Å². The molecule has 25 heavy (non-hydrogen) atoms. The second-order valence-corrected chi connectivity index (χ2v) is 5.33. The van der Waals surface area contributed by atoms with Crippen LogP contribution in [0.4, 0.5) is 5.69 Å². The predicted octanol–water partition coefficient (Wildman–Crippen LogP) is 2.24. The predicted molar refractivity (Wildman–Crippen MR) is 90.8 cm³/mol. The van der Waals surface area contributed by atoms with Gasteiger partial charge >= 0.3 is 5.97 Å². The summed E-state index contributed by atoms with van der Waals surface area (Å²) >= 11 is 0. The number of methoxy groups -OCH3 is 1. The maximum Gasteiger partial charge on any atom is 0.335 e. The summed E-state index contributed by atoms with van der Waals surface area (Å²) in [6, 6.07) is 7.95. The van der Waals surface area contributed by atoms with E-state index in [0.717, 1.165) is 5.52 Å². The van der Waals surface area contributed by atoms with E-state index in [0.29, 0.717) is 29.3 Å². The Morgan fingerprint density at radius 3 is 2.88 bits per heavy atom. The molecule has 0 unspecified atom stereocenters. The number of hydrogen-bond donors (Lipinski definition) is 3. The van der Waals surface area contributed by atoms with Crippen molar-refractivity contribution in [2.24, 2.45) is 0 Å². The Balaban J connectivity index is 1.67. The number of nitrogens with one attached hydrogen (secondary N) is 2. The van der Waals surface area contributed by atoms with Crippen LogP contribution in [0.15, 0.2) is 36.5 Å². The Morgan fingerprint density at radius 2 is 2.16 bits per heavy atom. The standard InChI is InChI=1S/C17H16N4O4/c1-25-13-5-4-10(17(23)24)9-12(13)20-15(22)7-6-14-19-11-3-2-8-18-16(11)21-14/h2-5,8-9H,6-7H2,1H3,(H,20,22)(H,23,24)(H,18,19,21). The van der Waals surface area contributed by atoms with E-state index in [-0.39, 0.29) is 17.9 Å². The van der Waals surface area contributed by atoms with E-state index in [4.69, 9.17) is 9.84 Å². The zero-order chi connectivity index (χ0) is 17.8. The van der Waals surface area contributed by atoms with Crippen molar-refractivity contribution in [1.82, 2.24) is 15.0 Å². The van der Waals surface area contributed by atoms with Gasteiger partial charge in [-0.15, -0.1) is 0 Å². The number of rotatable bonds is 6. The second-order valence-electron chi connectivity index (χ2n) is 5.33. The van der Waals surface area contributed by atoms with Crippen molar-refractivity contribution in [3.05, 3.63) is 47.9 Å². The topological polar surface area (TPSA) is 117 Å². The first-order valence-corrected chi connectivity index (χ1v) is 7.57. The van der Waals surface area contributed by atoms with Crippen LogP contribution in [0.2, 0.25) is 0 Å². The van der Waals surface area contributed by atoms with E-state index >= 15 is 0 Å². The third kappa shape index (κ3) is 3.74. The normalized spacial score (nSPS) is 10.6. The van der Waals surface area contributed by atoms with Gasteiger partial charge in [-0.2, -0.15) is 0 Å². The molecule has 1 aromatic carbocycles. The molecule has 128 valence electrons. The van der Waals surface area contributed by atoms with Crippen LogP contribution in [-0.2, 0) is 11.2 Å². The number of carboxylic acid groups (broad SMARTS) is 1. The summed E-state index contributed by atoms with van der Waals surface area (Å²) in [4.78, 5) is 34.8. The number of hydrogen-bond acceptors (Lipinski definition) is 5. The highest BCUT2D eigenvalue weighted by molar-refractivity contribution is 5.95. The fourth-order valence-corrected chi connectivity index (χ4v) is 2.40. The lowest BCUT2D eigenvalue weighted by Crippen LogP contribution is -2.14. The van der Waals surface area contributed by atoms with Gasteiger partial charge in [0.25, 0.3) is 0 Å². The molecule has 0 saturated carbocycles. The lowest BCUT2D eigenvalue weighted by molar-refractivity contribution is -0.116. The number of pyridine rings is 1. The highest BCUT2D eigenvalue weighted by Crippen LogP contribution is 2.25. The minimum atomic E-state index is -1.08. The number of carbonyl (C=O) groups excluding carboxylic acids is 1. The van der Waals surface area contributed by atoms with Crippen molar-refractivity contribution in [3.63, 3.8) is 0 Å². The molecule has 0 saturated heterocycles. The van der Waals surface area contributed by atoms with Crippen LogP contribution < -0.4 is 10.1 Å². The number of carboxylic acids is 1. The van der Waals surface area contributed by atoms with E-state index in [1.807, 2.05) is 6.07 Å². The number of ether oxygens (including phenoxy) is 1. The zero-order valence-electron chi connectivity index (χ0n) is 13.4. The molecule has 8 nitrogen and oxygen atoms in total. The van der Waals surface area contributed by atoms with Crippen LogP contribution in [-0.4, -0.2) is 39.0 Å². The number of fused-ring (bicyclic) bond motifs is 1. The molecule has 0 atom stereocenters. The molecular formula is C17H16N4O4. The summed E-state index contributed by atoms with van der Waals surface area (Å²) in [7, 11) is 1.45. The van der Waals surface area contributed by atoms with Crippen LogP contribution in [0.1, 0.15) is 22.6 Å². The molecule has 0 aliphatic rings. The molecule has 3 N–H and O–H groups in total. The fraction of sp³-hybridized carbons (Fsp3) is 0.176. The SMILES string of the molecule is COc1ccc(C(=O)O)cc1NC(=O)CCc1nc2ncccc2[nH]1. The molecule has 0 radical (unpaired) electrons. The highest BCUT2D eigenvalue weighted by atomic mass is 16.5. The smallest absolute Gasteiger partial charge is 0.335 e. The quantitative estimate of drug-likeness (QED) is 0.633. The van der Waals surface area contributed by atoms with Crippen molar-refractivity contribution in [2.75, 3.05) is 12.4 Å². The first kappa shape index (κ1) is 16.4. The van der Waals surface area contributed by atoms with E-state index in [1.165, 1.54) is 25.3 Å². The Bertz CT molecular complexity index is 902. The number of aromatic carboxylic acids is 1. The number of imidazole rings is 1. The monoisotopic (exact) mass is 340 g/mol. The number of aryl methyl sites for hydroxylation is 1. The summed E-state index contributed by atoms with van der Waals surface area (Å²) in [5, 5.41) is 11.7. The number of nitrogens with zero attached hydrogens (tertiary/aromatic N) is 2. The molecule has 0 fully saturated rings. The third-order valence-electron chi connectivity index (χ3n) is 3.62. The maximum absolute atomic E-state index is 12.2. The lowest BCUT2D eigenvalue weighted by Gasteiger charge is -2.10. The first-order valence-electron chi connectivity index (χ1n) is 7.57.